The van der Waals surface area contributed by atoms with Gasteiger partial charge in [-0.1, -0.05) is 42.5 Å². The summed E-state index contributed by atoms with van der Waals surface area (Å²) in [5.74, 6) is 1.85. The van der Waals surface area contributed by atoms with E-state index in [4.69, 9.17) is 14.2 Å². The fourth-order valence-electron chi connectivity index (χ4n) is 2.21. The number of benzene rings is 1. The maximum Gasteiger partial charge on any atom is 0.206 e. The summed E-state index contributed by atoms with van der Waals surface area (Å²) in [4.78, 5) is 0. The number of aliphatic hydroxyl groups is 1. The van der Waals surface area contributed by atoms with Gasteiger partial charge in [0.25, 0.3) is 0 Å². The van der Waals surface area contributed by atoms with Gasteiger partial charge in [0.15, 0.2) is 15.8 Å². The molecule has 9 heteroatoms. The Kier molecular flexibility index (Phi) is 9.68. The molecule has 1 atom stereocenters. The summed E-state index contributed by atoms with van der Waals surface area (Å²) in [5.41, 5.74) is 0.958. The Morgan fingerprint density at radius 3 is 2.78 bits per heavy atom. The van der Waals surface area contributed by atoms with E-state index in [1.807, 2.05) is 18.2 Å². The second-order valence-corrected chi connectivity index (χ2v) is 8.07. The average molecular weight is 414 g/mol. The smallest absolute Gasteiger partial charge is 0.206 e. The topological polar surface area (TPSA) is 85.7 Å². The van der Waals surface area contributed by atoms with E-state index < -0.39 is 6.10 Å². The van der Waals surface area contributed by atoms with E-state index in [1.165, 1.54) is 23.1 Å². The first-order valence-corrected chi connectivity index (χ1v) is 10.6. The van der Waals surface area contributed by atoms with Crippen molar-refractivity contribution in [1.29, 1.82) is 0 Å². The van der Waals surface area contributed by atoms with Crippen LogP contribution in [0.4, 0.5) is 5.13 Å². The lowest BCUT2D eigenvalue weighted by molar-refractivity contribution is 0.0397. The highest BCUT2D eigenvalue weighted by molar-refractivity contribution is 8.01. The zero-order valence-corrected chi connectivity index (χ0v) is 17.6. The number of thioether (sulfide) groups is 1. The van der Waals surface area contributed by atoms with Crippen molar-refractivity contribution in [3.8, 4) is 11.5 Å². The van der Waals surface area contributed by atoms with E-state index in [0.29, 0.717) is 23.9 Å². The fourth-order valence-corrected chi connectivity index (χ4v) is 3.92. The van der Waals surface area contributed by atoms with Crippen LogP contribution in [0.3, 0.4) is 0 Å². The van der Waals surface area contributed by atoms with E-state index in [1.54, 1.807) is 14.2 Å². The number of anilines is 1. The number of aromatic nitrogens is 2. The zero-order valence-electron chi connectivity index (χ0n) is 15.9. The number of hydrogen-bond acceptors (Lipinski definition) is 9. The summed E-state index contributed by atoms with van der Waals surface area (Å²) >= 11 is 2.99. The molecule has 2 rings (SSSR count). The molecule has 27 heavy (non-hydrogen) atoms. The van der Waals surface area contributed by atoms with Crippen molar-refractivity contribution in [2.45, 2.75) is 36.8 Å². The van der Waals surface area contributed by atoms with Crippen LogP contribution in [0.25, 0.3) is 0 Å². The number of hydrogen-bond donors (Lipinski definition) is 2. The van der Waals surface area contributed by atoms with Gasteiger partial charge in [0.1, 0.15) is 0 Å². The van der Waals surface area contributed by atoms with Gasteiger partial charge in [-0.3, -0.25) is 0 Å². The Labute approximate surface area is 168 Å². The molecule has 150 valence electrons. The van der Waals surface area contributed by atoms with Crippen molar-refractivity contribution in [3.63, 3.8) is 0 Å². The van der Waals surface area contributed by atoms with Crippen molar-refractivity contribution in [2.75, 3.05) is 38.4 Å². The van der Waals surface area contributed by atoms with Gasteiger partial charge in [-0.15, -0.1) is 10.2 Å². The number of ether oxygens (including phenoxy) is 3. The van der Waals surface area contributed by atoms with Crippen LogP contribution in [-0.2, 0) is 11.3 Å². The number of aliphatic hydroxyl groups excluding tert-OH is 1. The lowest BCUT2D eigenvalue weighted by Gasteiger charge is -2.12. The lowest BCUT2D eigenvalue weighted by atomic mass is 10.2. The minimum absolute atomic E-state index is 0.252. The molecule has 0 saturated carbocycles. The number of methoxy groups -OCH3 is 2. The first-order valence-electron chi connectivity index (χ1n) is 8.83. The summed E-state index contributed by atoms with van der Waals surface area (Å²) in [7, 11) is 3.20. The van der Waals surface area contributed by atoms with Crippen molar-refractivity contribution >= 4 is 28.2 Å². The van der Waals surface area contributed by atoms with Crippen LogP contribution < -0.4 is 14.8 Å². The number of rotatable bonds is 13. The van der Waals surface area contributed by atoms with E-state index in [9.17, 15) is 5.11 Å². The summed E-state index contributed by atoms with van der Waals surface area (Å²) in [6, 6.07) is 5.62. The Morgan fingerprint density at radius 1 is 1.22 bits per heavy atom. The molecule has 0 spiro atoms. The van der Waals surface area contributed by atoms with Crippen LogP contribution in [0, 0.1) is 0 Å². The molecule has 0 amide bonds. The Morgan fingerprint density at radius 2 is 2.04 bits per heavy atom. The monoisotopic (exact) mass is 413 g/mol. The van der Waals surface area contributed by atoms with Gasteiger partial charge in [-0.05, 0) is 24.1 Å². The first kappa shape index (κ1) is 21.7. The Hall–Kier alpha value is -1.55. The zero-order chi connectivity index (χ0) is 19.5. The Balaban J connectivity index is 1.68. The van der Waals surface area contributed by atoms with Crippen LogP contribution >= 0.6 is 23.1 Å². The second kappa shape index (κ2) is 12.0. The molecule has 0 aliphatic rings. The highest BCUT2D eigenvalue weighted by atomic mass is 32.2. The maximum atomic E-state index is 10.1. The van der Waals surface area contributed by atoms with Crippen molar-refractivity contribution in [3.05, 3.63) is 23.8 Å². The predicted molar refractivity (Wildman–Crippen MR) is 109 cm³/mol. The summed E-state index contributed by atoms with van der Waals surface area (Å²) in [6.45, 7) is 3.70. The molecule has 2 aromatic rings. The van der Waals surface area contributed by atoms with E-state index in [2.05, 4.69) is 22.4 Å². The van der Waals surface area contributed by atoms with Gasteiger partial charge in [-0.2, -0.15) is 0 Å². The van der Waals surface area contributed by atoms with Crippen LogP contribution in [0.5, 0.6) is 11.5 Å². The normalized spacial score (nSPS) is 12.0. The van der Waals surface area contributed by atoms with Gasteiger partial charge < -0.3 is 24.6 Å². The minimum Gasteiger partial charge on any atom is -0.493 e. The van der Waals surface area contributed by atoms with Gasteiger partial charge in [0.2, 0.25) is 5.13 Å². The standard InChI is InChI=1S/C18H27N3O4S2/c1-4-5-8-19-17-20-21-18(27-17)26-12-14(22)11-25-10-13-6-7-15(23-2)16(9-13)24-3/h6-7,9,14,22H,4-5,8,10-12H2,1-3H3,(H,19,20). The van der Waals surface area contributed by atoms with Crippen molar-refractivity contribution in [2.24, 2.45) is 0 Å². The highest BCUT2D eigenvalue weighted by Gasteiger charge is 2.10. The van der Waals surface area contributed by atoms with Crippen LogP contribution in [-0.4, -0.2) is 54.5 Å². The number of nitrogens with one attached hydrogen (secondary N) is 1. The molecule has 7 nitrogen and oxygen atoms in total. The largest absolute Gasteiger partial charge is 0.493 e. The molecule has 1 aromatic carbocycles. The summed E-state index contributed by atoms with van der Waals surface area (Å²) < 4.78 is 16.9. The second-order valence-electron chi connectivity index (χ2n) is 5.82. The molecule has 2 N–H and O–H groups in total. The Bertz CT molecular complexity index is 684. The highest BCUT2D eigenvalue weighted by Crippen LogP contribution is 2.28. The lowest BCUT2D eigenvalue weighted by Crippen LogP contribution is -2.17. The van der Waals surface area contributed by atoms with Crippen LogP contribution in [0.2, 0.25) is 0 Å². The summed E-state index contributed by atoms with van der Waals surface area (Å²) in [5, 5.41) is 22.4. The molecular formula is C18H27N3O4S2. The molecule has 1 aromatic heterocycles. The average Bonchev–Trinajstić information content (AvgIpc) is 3.14. The molecule has 0 aliphatic carbocycles. The molecule has 0 bridgehead atoms. The molecule has 0 radical (unpaired) electrons. The molecule has 0 fully saturated rings. The van der Waals surface area contributed by atoms with Gasteiger partial charge in [0, 0.05) is 12.3 Å². The van der Waals surface area contributed by atoms with E-state index >= 15 is 0 Å². The molecule has 1 unspecified atom stereocenters. The van der Waals surface area contributed by atoms with E-state index in [0.717, 1.165) is 34.4 Å². The quantitative estimate of drug-likeness (QED) is 0.382. The molecule has 0 saturated heterocycles. The predicted octanol–water partition coefficient (Wildman–Crippen LogP) is 3.44. The van der Waals surface area contributed by atoms with E-state index in [-0.39, 0.29) is 6.61 Å². The molecule has 0 aliphatic heterocycles. The number of nitrogens with zero attached hydrogens (tertiary/aromatic N) is 2. The minimum atomic E-state index is -0.574. The molecule has 1 heterocycles. The van der Waals surface area contributed by atoms with Gasteiger partial charge in [-0.25, -0.2) is 0 Å². The van der Waals surface area contributed by atoms with Crippen LogP contribution in [0.1, 0.15) is 25.3 Å². The first-order chi connectivity index (χ1) is 13.2. The summed E-state index contributed by atoms with van der Waals surface area (Å²) in [6.07, 6.45) is 1.68. The van der Waals surface area contributed by atoms with Crippen LogP contribution in [0.15, 0.2) is 22.5 Å². The molecular weight excluding hydrogens is 386 g/mol. The van der Waals surface area contributed by atoms with Gasteiger partial charge in [0.05, 0.1) is 33.5 Å². The number of unbranched alkanes of at least 4 members (excludes halogenated alkanes) is 1. The maximum absolute atomic E-state index is 10.1. The third kappa shape index (κ3) is 7.53. The van der Waals surface area contributed by atoms with Gasteiger partial charge >= 0.3 is 0 Å². The van der Waals surface area contributed by atoms with Crippen molar-refractivity contribution in [1.82, 2.24) is 10.2 Å². The SMILES string of the molecule is CCCCNc1nnc(SCC(O)COCc2ccc(OC)c(OC)c2)s1. The fraction of sp³-hybridized carbons (Fsp3) is 0.556. The van der Waals surface area contributed by atoms with Crippen molar-refractivity contribution < 1.29 is 19.3 Å². The third-order valence-corrected chi connectivity index (χ3v) is 5.80. The third-order valence-electron chi connectivity index (χ3n) is 3.64.